The molecule has 0 aliphatic rings. The minimum Gasteiger partial charge on any atom is -0.496 e. The molecule has 3 nitrogen and oxygen atoms in total. The standard InChI is InChI=1S/C17H21NO2/c1-12-7-5-8-14(11-12)18(3)15-9-6-10-16(20-4)17(15)13(2)19/h5-11,13,19H,1-4H3/t13-/m0/s1. The van der Waals surface area contributed by atoms with E-state index in [4.69, 9.17) is 4.74 Å². The van der Waals surface area contributed by atoms with Crippen molar-refractivity contribution in [2.75, 3.05) is 19.1 Å². The zero-order chi connectivity index (χ0) is 14.7. The lowest BCUT2D eigenvalue weighted by Gasteiger charge is -2.25. The number of hydrogen-bond donors (Lipinski definition) is 1. The maximum atomic E-state index is 10.1. The third-order valence-electron chi connectivity index (χ3n) is 3.43. The Labute approximate surface area is 120 Å². The molecule has 20 heavy (non-hydrogen) atoms. The zero-order valence-electron chi connectivity index (χ0n) is 12.4. The van der Waals surface area contributed by atoms with Crippen LogP contribution in [0.5, 0.6) is 5.75 Å². The summed E-state index contributed by atoms with van der Waals surface area (Å²) >= 11 is 0. The third-order valence-corrected chi connectivity index (χ3v) is 3.43. The Morgan fingerprint density at radius 3 is 2.45 bits per heavy atom. The largest absolute Gasteiger partial charge is 0.496 e. The number of aryl methyl sites for hydroxylation is 1. The second kappa shape index (κ2) is 5.97. The molecule has 0 amide bonds. The Morgan fingerprint density at radius 1 is 1.15 bits per heavy atom. The van der Waals surface area contributed by atoms with E-state index in [-0.39, 0.29) is 0 Å². The molecule has 106 valence electrons. The van der Waals surface area contributed by atoms with Crippen LogP contribution in [0.4, 0.5) is 11.4 Å². The molecule has 2 aromatic rings. The molecular formula is C17H21NO2. The van der Waals surface area contributed by atoms with Gasteiger partial charge in [-0.2, -0.15) is 0 Å². The predicted octanol–water partition coefficient (Wildman–Crippen LogP) is 3.82. The smallest absolute Gasteiger partial charge is 0.126 e. The molecule has 2 aromatic carbocycles. The van der Waals surface area contributed by atoms with Crippen LogP contribution in [0.2, 0.25) is 0 Å². The van der Waals surface area contributed by atoms with Gasteiger partial charge in [-0.1, -0.05) is 18.2 Å². The molecule has 3 heteroatoms. The van der Waals surface area contributed by atoms with Crippen molar-refractivity contribution in [2.45, 2.75) is 20.0 Å². The Balaban J connectivity index is 2.52. The van der Waals surface area contributed by atoms with Crippen LogP contribution in [0, 0.1) is 6.92 Å². The van der Waals surface area contributed by atoms with Gasteiger partial charge in [-0.25, -0.2) is 0 Å². The summed E-state index contributed by atoms with van der Waals surface area (Å²) in [5.74, 6) is 0.706. The number of aliphatic hydroxyl groups excluding tert-OH is 1. The highest BCUT2D eigenvalue weighted by Gasteiger charge is 2.17. The fourth-order valence-electron chi connectivity index (χ4n) is 2.40. The van der Waals surface area contributed by atoms with Crippen molar-refractivity contribution >= 4 is 11.4 Å². The predicted molar refractivity (Wildman–Crippen MR) is 82.9 cm³/mol. The summed E-state index contributed by atoms with van der Waals surface area (Å²) in [5, 5.41) is 10.1. The molecule has 0 heterocycles. The van der Waals surface area contributed by atoms with Gasteiger partial charge in [0.25, 0.3) is 0 Å². The first kappa shape index (κ1) is 14.4. The van der Waals surface area contributed by atoms with E-state index in [0.29, 0.717) is 5.75 Å². The van der Waals surface area contributed by atoms with Crippen LogP contribution in [0.3, 0.4) is 0 Å². The molecule has 0 saturated heterocycles. The maximum absolute atomic E-state index is 10.1. The van der Waals surface area contributed by atoms with Gasteiger partial charge in [-0.3, -0.25) is 0 Å². The Kier molecular flexibility index (Phi) is 4.30. The van der Waals surface area contributed by atoms with E-state index in [1.807, 2.05) is 31.3 Å². The third kappa shape index (κ3) is 2.78. The van der Waals surface area contributed by atoms with Crippen LogP contribution in [0.1, 0.15) is 24.2 Å². The van der Waals surface area contributed by atoms with Gasteiger partial charge < -0.3 is 14.7 Å². The molecule has 0 saturated carbocycles. The summed E-state index contributed by atoms with van der Waals surface area (Å²) in [6, 6.07) is 14.1. The molecule has 0 bridgehead atoms. The van der Waals surface area contributed by atoms with Gasteiger partial charge in [0.05, 0.1) is 18.9 Å². The minimum absolute atomic E-state index is 0.589. The molecular weight excluding hydrogens is 250 g/mol. The molecule has 0 radical (unpaired) electrons. The van der Waals surface area contributed by atoms with E-state index in [1.54, 1.807) is 14.0 Å². The topological polar surface area (TPSA) is 32.7 Å². The van der Waals surface area contributed by atoms with Crippen LogP contribution < -0.4 is 9.64 Å². The Bertz CT molecular complexity index is 593. The first-order chi connectivity index (χ1) is 9.54. The average molecular weight is 271 g/mol. The van der Waals surface area contributed by atoms with Crippen LogP contribution in [-0.2, 0) is 0 Å². The van der Waals surface area contributed by atoms with Gasteiger partial charge in [0.15, 0.2) is 0 Å². The van der Waals surface area contributed by atoms with Gasteiger partial charge in [0, 0.05) is 18.3 Å². The quantitative estimate of drug-likeness (QED) is 0.917. The van der Waals surface area contributed by atoms with Crippen LogP contribution >= 0.6 is 0 Å². The SMILES string of the molecule is COc1cccc(N(C)c2cccc(C)c2)c1[C@H](C)O. The Hall–Kier alpha value is -2.00. The number of ether oxygens (including phenoxy) is 1. The van der Waals surface area contributed by atoms with Crippen molar-refractivity contribution in [3.63, 3.8) is 0 Å². The van der Waals surface area contributed by atoms with Crippen LogP contribution in [-0.4, -0.2) is 19.3 Å². The van der Waals surface area contributed by atoms with Crippen LogP contribution in [0.25, 0.3) is 0 Å². The fourth-order valence-corrected chi connectivity index (χ4v) is 2.40. The van der Waals surface area contributed by atoms with Crippen molar-refractivity contribution in [1.29, 1.82) is 0 Å². The molecule has 2 rings (SSSR count). The molecule has 0 aromatic heterocycles. The van der Waals surface area contributed by atoms with E-state index in [1.165, 1.54) is 5.56 Å². The number of methoxy groups -OCH3 is 1. The van der Waals surface area contributed by atoms with E-state index < -0.39 is 6.10 Å². The van der Waals surface area contributed by atoms with Gasteiger partial charge in [-0.05, 0) is 43.7 Å². The first-order valence-corrected chi connectivity index (χ1v) is 6.70. The van der Waals surface area contributed by atoms with Gasteiger partial charge in [0.2, 0.25) is 0 Å². The second-order valence-electron chi connectivity index (χ2n) is 4.97. The van der Waals surface area contributed by atoms with Gasteiger partial charge in [0.1, 0.15) is 5.75 Å². The molecule has 1 N–H and O–H groups in total. The number of aliphatic hydroxyl groups is 1. The van der Waals surface area contributed by atoms with E-state index in [2.05, 4.69) is 30.0 Å². The molecule has 0 aliphatic carbocycles. The van der Waals surface area contributed by atoms with Gasteiger partial charge >= 0.3 is 0 Å². The molecule has 0 spiro atoms. The molecule has 0 fully saturated rings. The average Bonchev–Trinajstić information content (AvgIpc) is 2.45. The lowest BCUT2D eigenvalue weighted by Crippen LogP contribution is -2.13. The summed E-state index contributed by atoms with van der Waals surface area (Å²) in [4.78, 5) is 2.07. The highest BCUT2D eigenvalue weighted by Crippen LogP contribution is 2.37. The Morgan fingerprint density at radius 2 is 1.85 bits per heavy atom. The molecule has 0 aliphatic heterocycles. The van der Waals surface area contributed by atoms with E-state index in [0.717, 1.165) is 16.9 Å². The normalized spacial score (nSPS) is 12.1. The van der Waals surface area contributed by atoms with Crippen molar-refractivity contribution in [1.82, 2.24) is 0 Å². The summed E-state index contributed by atoms with van der Waals surface area (Å²) in [6.45, 7) is 3.82. The number of nitrogens with zero attached hydrogens (tertiary/aromatic N) is 1. The van der Waals surface area contributed by atoms with E-state index >= 15 is 0 Å². The van der Waals surface area contributed by atoms with Crippen molar-refractivity contribution in [3.8, 4) is 5.75 Å². The molecule has 0 unspecified atom stereocenters. The lowest BCUT2D eigenvalue weighted by atomic mass is 10.1. The van der Waals surface area contributed by atoms with Gasteiger partial charge in [-0.15, -0.1) is 0 Å². The van der Waals surface area contributed by atoms with Crippen molar-refractivity contribution in [2.24, 2.45) is 0 Å². The lowest BCUT2D eigenvalue weighted by molar-refractivity contribution is 0.195. The highest BCUT2D eigenvalue weighted by molar-refractivity contribution is 5.69. The number of benzene rings is 2. The van der Waals surface area contributed by atoms with Crippen molar-refractivity contribution < 1.29 is 9.84 Å². The number of hydrogen-bond acceptors (Lipinski definition) is 3. The van der Waals surface area contributed by atoms with Crippen molar-refractivity contribution in [3.05, 3.63) is 53.6 Å². The molecule has 1 atom stereocenters. The maximum Gasteiger partial charge on any atom is 0.126 e. The monoisotopic (exact) mass is 271 g/mol. The minimum atomic E-state index is -0.589. The summed E-state index contributed by atoms with van der Waals surface area (Å²) in [5.41, 5.74) is 4.04. The fraction of sp³-hybridized carbons (Fsp3) is 0.294. The van der Waals surface area contributed by atoms with E-state index in [9.17, 15) is 5.11 Å². The first-order valence-electron chi connectivity index (χ1n) is 6.70. The number of anilines is 2. The summed E-state index contributed by atoms with van der Waals surface area (Å²) in [6.07, 6.45) is -0.589. The highest BCUT2D eigenvalue weighted by atomic mass is 16.5. The summed E-state index contributed by atoms with van der Waals surface area (Å²) in [7, 11) is 3.62. The zero-order valence-corrected chi connectivity index (χ0v) is 12.4. The van der Waals surface area contributed by atoms with Crippen LogP contribution in [0.15, 0.2) is 42.5 Å². The number of rotatable bonds is 4. The summed E-state index contributed by atoms with van der Waals surface area (Å²) < 4.78 is 5.37. The second-order valence-corrected chi connectivity index (χ2v) is 4.97.